The van der Waals surface area contributed by atoms with Gasteiger partial charge in [0.25, 0.3) is 0 Å². The number of para-hydroxylation sites is 1. The number of anilines is 1. The highest BCUT2D eigenvalue weighted by Gasteiger charge is 2.04. The molecule has 0 aliphatic heterocycles. The molecule has 2 heterocycles. The maximum absolute atomic E-state index is 8.87. The van der Waals surface area contributed by atoms with E-state index in [2.05, 4.69) is 15.4 Å². The van der Waals surface area contributed by atoms with Crippen molar-refractivity contribution in [2.45, 2.75) is 19.7 Å². The quantitative estimate of drug-likeness (QED) is 0.664. The number of aliphatic hydroxyl groups excluding tert-OH is 1. The summed E-state index contributed by atoms with van der Waals surface area (Å²) in [7, 11) is 0. The van der Waals surface area contributed by atoms with Gasteiger partial charge >= 0.3 is 0 Å². The van der Waals surface area contributed by atoms with E-state index in [1.807, 2.05) is 41.9 Å². The van der Waals surface area contributed by atoms with Gasteiger partial charge in [0, 0.05) is 11.6 Å². The van der Waals surface area contributed by atoms with Crippen molar-refractivity contribution >= 4 is 17.0 Å². The predicted molar refractivity (Wildman–Crippen MR) is 89.5 cm³/mol. The fourth-order valence-corrected chi connectivity index (χ4v) is 2.74. The highest BCUT2D eigenvalue weighted by Crippen LogP contribution is 2.16. The van der Waals surface area contributed by atoms with E-state index >= 15 is 0 Å². The Labute approximate surface area is 138 Å². The molecule has 3 rings (SSSR count). The molecule has 23 heavy (non-hydrogen) atoms. The van der Waals surface area contributed by atoms with Gasteiger partial charge in [-0.25, -0.2) is 4.98 Å². The van der Waals surface area contributed by atoms with E-state index in [0.717, 1.165) is 22.1 Å². The van der Waals surface area contributed by atoms with Gasteiger partial charge in [0.05, 0.1) is 37.3 Å². The van der Waals surface area contributed by atoms with Crippen LogP contribution < -0.4 is 10.1 Å². The highest BCUT2D eigenvalue weighted by atomic mass is 32.1. The van der Waals surface area contributed by atoms with Crippen LogP contribution in [0.2, 0.25) is 0 Å². The Bertz CT molecular complexity index is 727. The molecular weight excluding hydrogens is 312 g/mol. The molecule has 6 nitrogen and oxygen atoms in total. The van der Waals surface area contributed by atoms with E-state index < -0.39 is 0 Å². The molecule has 0 fully saturated rings. The molecule has 0 aliphatic rings. The molecule has 2 N–H and O–H groups in total. The highest BCUT2D eigenvalue weighted by molar-refractivity contribution is 7.09. The lowest BCUT2D eigenvalue weighted by Gasteiger charge is -2.03. The van der Waals surface area contributed by atoms with Crippen LogP contribution in [0.15, 0.2) is 48.1 Å². The molecule has 0 amide bonds. The van der Waals surface area contributed by atoms with Gasteiger partial charge in [0.1, 0.15) is 17.4 Å². The van der Waals surface area contributed by atoms with Crippen LogP contribution in [0.4, 0.5) is 5.69 Å². The second-order valence-electron chi connectivity index (χ2n) is 4.90. The van der Waals surface area contributed by atoms with E-state index in [1.165, 1.54) is 0 Å². The lowest BCUT2D eigenvalue weighted by molar-refractivity contribution is 0.269. The summed E-state index contributed by atoms with van der Waals surface area (Å²) >= 11 is 1.59. The molecule has 0 atom stereocenters. The van der Waals surface area contributed by atoms with Gasteiger partial charge in [-0.3, -0.25) is 4.68 Å². The van der Waals surface area contributed by atoms with Crippen molar-refractivity contribution in [3.05, 3.63) is 58.8 Å². The Balaban J connectivity index is 1.48. The Morgan fingerprint density at radius 2 is 2.13 bits per heavy atom. The van der Waals surface area contributed by atoms with Crippen molar-refractivity contribution in [2.24, 2.45) is 0 Å². The number of aliphatic hydroxyl groups is 1. The topological polar surface area (TPSA) is 72.2 Å². The first-order valence-electron chi connectivity index (χ1n) is 7.32. The Kier molecular flexibility index (Phi) is 5.23. The standard InChI is InChI=1S/C16H18N4O2S/c21-7-6-20-10-13(9-18-20)17-8-14-12-23-16(19-14)11-22-15-4-2-1-3-5-15/h1-5,9-10,12,17,21H,6-8,11H2. The van der Waals surface area contributed by atoms with Crippen molar-refractivity contribution in [1.82, 2.24) is 14.8 Å². The molecule has 0 aliphatic carbocycles. The van der Waals surface area contributed by atoms with Crippen LogP contribution in [0.1, 0.15) is 10.7 Å². The second kappa shape index (κ2) is 7.75. The summed E-state index contributed by atoms with van der Waals surface area (Å²) in [5.41, 5.74) is 1.88. The number of hydrogen-bond acceptors (Lipinski definition) is 6. The van der Waals surface area contributed by atoms with E-state index in [-0.39, 0.29) is 6.61 Å². The first-order valence-corrected chi connectivity index (χ1v) is 8.20. The fraction of sp³-hybridized carbons (Fsp3) is 0.250. The van der Waals surface area contributed by atoms with Gasteiger partial charge in [-0.15, -0.1) is 11.3 Å². The monoisotopic (exact) mass is 330 g/mol. The molecule has 2 aromatic heterocycles. The third kappa shape index (κ3) is 4.54. The molecule has 0 unspecified atom stereocenters. The summed E-state index contributed by atoms with van der Waals surface area (Å²) < 4.78 is 7.39. The zero-order chi connectivity index (χ0) is 15.9. The molecule has 120 valence electrons. The first-order chi connectivity index (χ1) is 11.3. The number of aromatic nitrogens is 3. The smallest absolute Gasteiger partial charge is 0.140 e. The molecular formula is C16H18N4O2S. The number of ether oxygens (including phenoxy) is 1. The van der Waals surface area contributed by atoms with Gasteiger partial charge in [-0.2, -0.15) is 5.10 Å². The Morgan fingerprint density at radius 3 is 2.96 bits per heavy atom. The minimum absolute atomic E-state index is 0.0813. The number of rotatable bonds is 8. The third-order valence-electron chi connectivity index (χ3n) is 3.14. The minimum atomic E-state index is 0.0813. The normalized spacial score (nSPS) is 10.7. The van der Waals surface area contributed by atoms with Crippen molar-refractivity contribution in [3.8, 4) is 5.75 Å². The molecule has 0 radical (unpaired) electrons. The van der Waals surface area contributed by atoms with Crippen LogP contribution in [-0.2, 0) is 19.7 Å². The van der Waals surface area contributed by atoms with Crippen LogP contribution in [0.5, 0.6) is 5.75 Å². The maximum Gasteiger partial charge on any atom is 0.140 e. The zero-order valence-corrected chi connectivity index (χ0v) is 13.4. The minimum Gasteiger partial charge on any atom is -0.486 e. The number of nitrogens with one attached hydrogen (secondary N) is 1. The number of benzene rings is 1. The van der Waals surface area contributed by atoms with Crippen LogP contribution in [0.25, 0.3) is 0 Å². The SMILES string of the molecule is OCCn1cc(NCc2csc(COc3ccccc3)n2)cn1. The van der Waals surface area contributed by atoms with Crippen LogP contribution in [0.3, 0.4) is 0 Å². The number of thiazole rings is 1. The number of hydrogen-bond donors (Lipinski definition) is 2. The lowest BCUT2D eigenvalue weighted by Crippen LogP contribution is -2.02. The van der Waals surface area contributed by atoms with Crippen molar-refractivity contribution < 1.29 is 9.84 Å². The van der Waals surface area contributed by atoms with Crippen LogP contribution >= 0.6 is 11.3 Å². The van der Waals surface area contributed by atoms with E-state index in [1.54, 1.807) is 22.2 Å². The van der Waals surface area contributed by atoms with Crippen molar-refractivity contribution in [2.75, 3.05) is 11.9 Å². The summed E-state index contributed by atoms with van der Waals surface area (Å²) in [6, 6.07) is 9.72. The molecule has 3 aromatic rings. The average Bonchev–Trinajstić information content (AvgIpc) is 3.22. The van der Waals surface area contributed by atoms with Crippen LogP contribution in [0, 0.1) is 0 Å². The maximum atomic E-state index is 8.87. The Morgan fingerprint density at radius 1 is 1.26 bits per heavy atom. The summed E-state index contributed by atoms with van der Waals surface area (Å²) in [6.45, 7) is 1.69. The molecule has 0 saturated heterocycles. The number of nitrogens with zero attached hydrogens (tertiary/aromatic N) is 3. The van der Waals surface area contributed by atoms with Gasteiger partial charge in [0.2, 0.25) is 0 Å². The lowest BCUT2D eigenvalue weighted by atomic mass is 10.3. The van der Waals surface area contributed by atoms with Crippen molar-refractivity contribution in [1.29, 1.82) is 0 Å². The zero-order valence-electron chi connectivity index (χ0n) is 12.6. The largest absolute Gasteiger partial charge is 0.486 e. The van der Waals surface area contributed by atoms with Gasteiger partial charge in [-0.1, -0.05) is 18.2 Å². The molecule has 0 bridgehead atoms. The predicted octanol–water partition coefficient (Wildman–Crippen LogP) is 2.52. The van der Waals surface area contributed by atoms with Gasteiger partial charge < -0.3 is 15.2 Å². The van der Waals surface area contributed by atoms with Crippen molar-refractivity contribution in [3.63, 3.8) is 0 Å². The summed E-state index contributed by atoms with van der Waals surface area (Å²) in [5, 5.41) is 19.2. The van der Waals surface area contributed by atoms with Crippen LogP contribution in [-0.4, -0.2) is 26.5 Å². The average molecular weight is 330 g/mol. The molecule has 7 heteroatoms. The van der Waals surface area contributed by atoms with E-state index in [9.17, 15) is 0 Å². The van der Waals surface area contributed by atoms with Gasteiger partial charge in [0.15, 0.2) is 0 Å². The summed E-state index contributed by atoms with van der Waals surface area (Å²) in [6.07, 6.45) is 3.60. The summed E-state index contributed by atoms with van der Waals surface area (Å²) in [5.74, 6) is 0.846. The second-order valence-corrected chi connectivity index (χ2v) is 5.85. The Hall–Kier alpha value is -2.38. The molecule has 0 saturated carbocycles. The fourth-order valence-electron chi connectivity index (χ4n) is 2.03. The van der Waals surface area contributed by atoms with E-state index in [4.69, 9.17) is 9.84 Å². The van der Waals surface area contributed by atoms with Gasteiger partial charge in [-0.05, 0) is 12.1 Å². The summed E-state index contributed by atoms with van der Waals surface area (Å²) in [4.78, 5) is 4.55. The first kappa shape index (κ1) is 15.5. The molecule has 0 spiro atoms. The molecule has 1 aromatic carbocycles. The third-order valence-corrected chi connectivity index (χ3v) is 4.01. The van der Waals surface area contributed by atoms with E-state index in [0.29, 0.717) is 19.7 Å².